The Morgan fingerprint density at radius 2 is 1.80 bits per heavy atom. The number of hydrogen-bond donors (Lipinski definition) is 2. The van der Waals surface area contributed by atoms with Gasteiger partial charge in [0, 0.05) is 12.1 Å². The minimum Gasteiger partial charge on any atom is -0.481 e. The molecule has 1 aromatic carbocycles. The van der Waals surface area contributed by atoms with E-state index in [1.807, 2.05) is 12.2 Å². The molecule has 0 heterocycles. The van der Waals surface area contributed by atoms with Crippen LogP contribution >= 0.6 is 15.9 Å². The molecule has 4 nitrogen and oxygen atoms in total. The third-order valence-electron chi connectivity index (χ3n) is 6.00. The van der Waals surface area contributed by atoms with E-state index in [0.29, 0.717) is 0 Å². The van der Waals surface area contributed by atoms with Crippen molar-refractivity contribution in [2.24, 2.45) is 29.1 Å². The first-order valence-electron chi connectivity index (χ1n) is 8.18. The lowest BCUT2D eigenvalue weighted by molar-refractivity contribution is -0.147. The van der Waals surface area contributed by atoms with Crippen LogP contribution in [0.25, 0.3) is 0 Å². The van der Waals surface area contributed by atoms with E-state index in [1.165, 1.54) is 12.1 Å². The predicted molar refractivity (Wildman–Crippen MR) is 88.3 cm³/mol. The molecule has 0 aliphatic heterocycles. The Labute approximate surface area is 151 Å². The monoisotopic (exact) mass is 411 g/mol. The van der Waals surface area contributed by atoms with E-state index < -0.39 is 35.3 Å². The molecule has 2 saturated carbocycles. The van der Waals surface area contributed by atoms with E-state index in [2.05, 4.69) is 21.2 Å². The topological polar surface area (TPSA) is 66.4 Å². The van der Waals surface area contributed by atoms with E-state index in [1.54, 1.807) is 0 Å². The first-order chi connectivity index (χ1) is 11.9. The van der Waals surface area contributed by atoms with Crippen LogP contribution in [0.3, 0.4) is 0 Å². The third-order valence-corrected chi connectivity index (χ3v) is 6.61. The average molecular weight is 412 g/mol. The number of allylic oxidation sites excluding steroid dienone is 2. The second-order valence-corrected chi connectivity index (χ2v) is 7.97. The molecule has 25 heavy (non-hydrogen) atoms. The van der Waals surface area contributed by atoms with E-state index in [4.69, 9.17) is 0 Å². The number of amides is 1. The smallest absolute Gasteiger partial charge is 0.307 e. The lowest BCUT2D eigenvalue weighted by Gasteiger charge is -2.23. The SMILES string of the molecule is O=C(NCc1ccc(Br)c(F)c1F)C1[C@H](C(=O)O)[C@H]2C=C[C@@H]1C21CC1. The van der Waals surface area contributed by atoms with Gasteiger partial charge in [-0.3, -0.25) is 9.59 Å². The number of aliphatic carboxylic acids is 1. The number of benzene rings is 1. The summed E-state index contributed by atoms with van der Waals surface area (Å²) in [5, 5.41) is 12.2. The highest BCUT2D eigenvalue weighted by atomic mass is 79.9. The molecule has 1 spiro atoms. The Morgan fingerprint density at radius 3 is 2.40 bits per heavy atom. The summed E-state index contributed by atoms with van der Waals surface area (Å²) in [4.78, 5) is 24.4. The van der Waals surface area contributed by atoms with Crippen molar-refractivity contribution in [1.82, 2.24) is 5.32 Å². The van der Waals surface area contributed by atoms with Crippen molar-refractivity contribution in [2.45, 2.75) is 19.4 Å². The van der Waals surface area contributed by atoms with Crippen LogP contribution in [-0.4, -0.2) is 17.0 Å². The summed E-state index contributed by atoms with van der Waals surface area (Å²) in [6, 6.07) is 2.76. The fourth-order valence-electron chi connectivity index (χ4n) is 4.69. The van der Waals surface area contributed by atoms with Crippen molar-refractivity contribution in [1.29, 1.82) is 0 Å². The molecule has 4 rings (SSSR count). The molecular formula is C18H16BrF2NO3. The summed E-state index contributed by atoms with van der Waals surface area (Å²) >= 11 is 2.90. The normalized spacial score (nSPS) is 30.7. The standard InChI is InChI=1S/C18H16BrF2NO3/c19-11-4-1-8(14(20)15(11)21)7-22-16(23)12-9-2-3-10(13(12)17(24)25)18(9)5-6-18/h1-4,9-10,12-13H,5-7H2,(H,22,23)(H,24,25)/t9-,10+,12?,13+/m0/s1. The summed E-state index contributed by atoms with van der Waals surface area (Å²) in [5.74, 6) is -4.98. The van der Waals surface area contributed by atoms with Crippen molar-refractivity contribution in [3.63, 3.8) is 0 Å². The number of nitrogens with one attached hydrogen (secondary N) is 1. The molecule has 2 fully saturated rings. The van der Waals surface area contributed by atoms with Crippen LogP contribution in [0.1, 0.15) is 18.4 Å². The Hall–Kier alpha value is -1.76. The second kappa shape index (κ2) is 5.62. The van der Waals surface area contributed by atoms with Gasteiger partial charge in [-0.1, -0.05) is 18.2 Å². The van der Waals surface area contributed by atoms with E-state index in [9.17, 15) is 23.5 Å². The zero-order valence-electron chi connectivity index (χ0n) is 13.1. The van der Waals surface area contributed by atoms with Gasteiger partial charge in [0.05, 0.1) is 16.3 Å². The van der Waals surface area contributed by atoms with Crippen LogP contribution in [0.5, 0.6) is 0 Å². The molecule has 0 saturated heterocycles. The second-order valence-electron chi connectivity index (χ2n) is 7.11. The number of halogens is 3. The zero-order valence-corrected chi connectivity index (χ0v) is 14.7. The number of carboxylic acid groups (broad SMARTS) is 1. The van der Waals surface area contributed by atoms with Gasteiger partial charge in [-0.2, -0.15) is 0 Å². The number of rotatable bonds is 4. The van der Waals surface area contributed by atoms with Gasteiger partial charge in [0.2, 0.25) is 5.91 Å². The highest BCUT2D eigenvalue weighted by Crippen LogP contribution is 2.72. The van der Waals surface area contributed by atoms with E-state index in [0.717, 1.165) is 12.8 Å². The summed E-state index contributed by atoms with van der Waals surface area (Å²) in [5.41, 5.74) is -0.0409. The zero-order chi connectivity index (χ0) is 17.9. The van der Waals surface area contributed by atoms with E-state index >= 15 is 0 Å². The fourth-order valence-corrected chi connectivity index (χ4v) is 5.00. The quantitative estimate of drug-likeness (QED) is 0.590. The molecule has 0 aromatic heterocycles. The lowest BCUT2D eigenvalue weighted by atomic mass is 9.82. The van der Waals surface area contributed by atoms with Crippen molar-refractivity contribution in [3.05, 3.63) is 46.0 Å². The number of carboxylic acids is 1. The van der Waals surface area contributed by atoms with Crippen LogP contribution < -0.4 is 5.32 Å². The highest BCUT2D eigenvalue weighted by molar-refractivity contribution is 9.10. The summed E-state index contributed by atoms with van der Waals surface area (Å²) in [6.07, 6.45) is 5.77. The molecule has 1 unspecified atom stereocenters. The number of hydrogen-bond acceptors (Lipinski definition) is 2. The summed E-state index contributed by atoms with van der Waals surface area (Å²) in [6.45, 7) is -0.175. The van der Waals surface area contributed by atoms with Gasteiger partial charge >= 0.3 is 5.97 Å². The van der Waals surface area contributed by atoms with Crippen molar-refractivity contribution in [3.8, 4) is 0 Å². The molecule has 132 valence electrons. The van der Waals surface area contributed by atoms with Gasteiger partial charge in [-0.15, -0.1) is 0 Å². The molecule has 1 amide bonds. The van der Waals surface area contributed by atoms with Gasteiger partial charge in [0.25, 0.3) is 0 Å². The molecule has 0 radical (unpaired) electrons. The van der Waals surface area contributed by atoms with Crippen LogP contribution in [0, 0.1) is 40.7 Å². The lowest BCUT2D eigenvalue weighted by Crippen LogP contribution is -2.40. The van der Waals surface area contributed by atoms with Crippen molar-refractivity contribution in [2.75, 3.05) is 0 Å². The van der Waals surface area contributed by atoms with Gasteiger partial charge in [0.15, 0.2) is 11.6 Å². The maximum absolute atomic E-state index is 13.9. The minimum absolute atomic E-state index is 0.0138. The number of carbonyl (C=O) groups excluding carboxylic acids is 1. The molecule has 2 N–H and O–H groups in total. The molecule has 3 aliphatic rings. The van der Waals surface area contributed by atoms with Crippen LogP contribution in [-0.2, 0) is 16.1 Å². The Bertz CT molecular complexity index is 806. The third kappa shape index (κ3) is 2.35. The average Bonchev–Trinajstić information content (AvgIpc) is 3.24. The van der Waals surface area contributed by atoms with Gasteiger partial charge in [-0.05, 0) is 52.1 Å². The maximum atomic E-state index is 13.9. The fraction of sp³-hybridized carbons (Fsp3) is 0.444. The van der Waals surface area contributed by atoms with Gasteiger partial charge in [-0.25, -0.2) is 8.78 Å². The minimum atomic E-state index is -1.02. The molecule has 1 aromatic rings. The maximum Gasteiger partial charge on any atom is 0.307 e. The van der Waals surface area contributed by atoms with Crippen molar-refractivity contribution >= 4 is 27.8 Å². The molecule has 3 aliphatic carbocycles. The predicted octanol–water partition coefficient (Wildman–Crippen LogP) is 3.26. The molecule has 4 atom stereocenters. The molecule has 7 heteroatoms. The Balaban J connectivity index is 1.53. The van der Waals surface area contributed by atoms with Crippen LogP contribution in [0.15, 0.2) is 28.8 Å². The summed E-state index contributed by atoms with van der Waals surface area (Å²) in [7, 11) is 0. The Morgan fingerprint density at radius 1 is 1.16 bits per heavy atom. The van der Waals surface area contributed by atoms with E-state index in [-0.39, 0.29) is 33.8 Å². The largest absolute Gasteiger partial charge is 0.481 e. The Kier molecular flexibility index (Phi) is 3.76. The summed E-state index contributed by atoms with van der Waals surface area (Å²) < 4.78 is 27.5. The van der Waals surface area contributed by atoms with Gasteiger partial charge < -0.3 is 10.4 Å². The highest BCUT2D eigenvalue weighted by Gasteiger charge is 2.70. The van der Waals surface area contributed by atoms with Gasteiger partial charge in [0.1, 0.15) is 0 Å². The molecule has 2 bridgehead atoms. The van der Waals surface area contributed by atoms with Crippen LogP contribution in [0.4, 0.5) is 8.78 Å². The van der Waals surface area contributed by atoms with Crippen LogP contribution in [0.2, 0.25) is 0 Å². The molecular weight excluding hydrogens is 396 g/mol. The first kappa shape index (κ1) is 16.7. The first-order valence-corrected chi connectivity index (χ1v) is 8.97. The number of carbonyl (C=O) groups is 2. The van der Waals surface area contributed by atoms with Crippen molar-refractivity contribution < 1.29 is 23.5 Å².